The Hall–Kier alpha value is -1.96. The van der Waals surface area contributed by atoms with Gasteiger partial charge >= 0.3 is 6.01 Å². The number of aryl methyl sites for hydroxylation is 2. The van der Waals surface area contributed by atoms with Gasteiger partial charge in [-0.3, -0.25) is 4.79 Å². The summed E-state index contributed by atoms with van der Waals surface area (Å²) in [5, 5.41) is 3.90. The van der Waals surface area contributed by atoms with E-state index in [1.165, 1.54) is 0 Å². The van der Waals surface area contributed by atoms with E-state index >= 15 is 0 Å². The Morgan fingerprint density at radius 2 is 2.17 bits per heavy atom. The second-order valence-electron chi connectivity index (χ2n) is 5.89. The lowest BCUT2D eigenvalue weighted by Crippen LogP contribution is -2.45. The summed E-state index contributed by atoms with van der Waals surface area (Å²) in [6.45, 7) is 4.96. The minimum atomic E-state index is -0.0893. The first kappa shape index (κ1) is 16.9. The molecule has 0 radical (unpaired) electrons. The van der Waals surface area contributed by atoms with Crippen LogP contribution in [0.3, 0.4) is 0 Å². The Morgan fingerprint density at radius 1 is 1.42 bits per heavy atom. The van der Waals surface area contributed by atoms with Crippen LogP contribution < -0.4 is 4.74 Å². The van der Waals surface area contributed by atoms with Crippen LogP contribution in [0.4, 0.5) is 0 Å². The molecule has 0 bridgehead atoms. The summed E-state index contributed by atoms with van der Waals surface area (Å²) >= 11 is 3.29. The first-order chi connectivity index (χ1) is 11.5. The van der Waals surface area contributed by atoms with Crippen molar-refractivity contribution in [2.24, 2.45) is 0 Å². The lowest BCUT2D eigenvalue weighted by molar-refractivity contribution is -0.133. The van der Waals surface area contributed by atoms with Gasteiger partial charge in [-0.05, 0) is 42.6 Å². The number of aromatic nitrogens is 3. The molecule has 7 nitrogen and oxygen atoms in total. The van der Waals surface area contributed by atoms with Gasteiger partial charge in [-0.15, -0.1) is 0 Å². The number of rotatable bonds is 4. The molecular weight excluding hydrogens is 376 g/mol. The molecule has 1 saturated heterocycles. The summed E-state index contributed by atoms with van der Waals surface area (Å²) < 4.78 is 11.7. The number of likely N-dealkylation sites (tertiary alicyclic amines) is 1. The summed E-state index contributed by atoms with van der Waals surface area (Å²) in [5.41, 5.74) is 1.65. The third-order valence-corrected chi connectivity index (χ3v) is 4.52. The zero-order chi connectivity index (χ0) is 17.1. The molecule has 0 aliphatic carbocycles. The lowest BCUT2D eigenvalue weighted by Gasteiger charge is -2.32. The van der Waals surface area contributed by atoms with Crippen molar-refractivity contribution < 1.29 is 14.1 Å². The molecule has 8 heteroatoms. The zero-order valence-electron chi connectivity index (χ0n) is 13.7. The summed E-state index contributed by atoms with van der Waals surface area (Å²) in [4.78, 5) is 22.7. The number of carbonyl (C=O) groups excluding carboxylic acids is 1. The molecule has 1 unspecified atom stereocenters. The van der Waals surface area contributed by atoms with Crippen molar-refractivity contribution >= 4 is 21.8 Å². The molecule has 2 aromatic rings. The molecule has 1 amide bonds. The van der Waals surface area contributed by atoms with Crippen LogP contribution in [0.15, 0.2) is 21.4 Å². The summed E-state index contributed by atoms with van der Waals surface area (Å²) in [5.74, 6) is 0.767. The Bertz CT molecular complexity index is 697. The van der Waals surface area contributed by atoms with Gasteiger partial charge in [0.1, 0.15) is 11.9 Å². The van der Waals surface area contributed by atoms with Crippen LogP contribution in [0.25, 0.3) is 0 Å². The smallest absolute Gasteiger partial charge is 0.316 e. The van der Waals surface area contributed by atoms with Crippen molar-refractivity contribution in [1.29, 1.82) is 0 Å². The second kappa shape index (κ2) is 7.29. The monoisotopic (exact) mass is 394 g/mol. The highest BCUT2D eigenvalue weighted by atomic mass is 79.9. The Balaban J connectivity index is 1.60. The van der Waals surface area contributed by atoms with Crippen molar-refractivity contribution in [3.63, 3.8) is 0 Å². The maximum atomic E-state index is 12.6. The van der Waals surface area contributed by atoms with Crippen molar-refractivity contribution in [3.05, 3.63) is 33.9 Å². The molecule has 3 heterocycles. The molecule has 1 aliphatic heterocycles. The van der Waals surface area contributed by atoms with Gasteiger partial charge < -0.3 is 14.2 Å². The number of ether oxygens (including phenoxy) is 1. The molecule has 3 rings (SSSR count). The molecule has 1 fully saturated rings. The fraction of sp³-hybridized carbons (Fsp3) is 0.500. The molecule has 0 spiro atoms. The molecule has 128 valence electrons. The van der Waals surface area contributed by atoms with Gasteiger partial charge in [0.15, 0.2) is 0 Å². The normalized spacial score (nSPS) is 17.8. The number of amides is 1. The van der Waals surface area contributed by atoms with Gasteiger partial charge in [0.2, 0.25) is 5.91 Å². The standard InChI is InChI=1S/C16H19BrN4O3/c1-10-14(11(2)24-20-10)6-15(22)21-5-3-4-13(9-21)23-16-18-7-12(17)8-19-16/h7-8,13H,3-6,9H2,1-2H3. The highest BCUT2D eigenvalue weighted by Crippen LogP contribution is 2.19. The zero-order valence-corrected chi connectivity index (χ0v) is 15.2. The van der Waals surface area contributed by atoms with Crippen LogP contribution in [0, 0.1) is 13.8 Å². The van der Waals surface area contributed by atoms with E-state index in [9.17, 15) is 4.79 Å². The molecule has 1 atom stereocenters. The Labute approximate surface area is 148 Å². The first-order valence-electron chi connectivity index (χ1n) is 7.86. The van der Waals surface area contributed by atoms with Crippen molar-refractivity contribution in [1.82, 2.24) is 20.0 Å². The van der Waals surface area contributed by atoms with E-state index in [1.54, 1.807) is 12.4 Å². The van der Waals surface area contributed by atoms with E-state index in [0.717, 1.165) is 35.1 Å². The fourth-order valence-corrected chi connectivity index (χ4v) is 2.99. The topological polar surface area (TPSA) is 81.4 Å². The van der Waals surface area contributed by atoms with Crippen molar-refractivity contribution in [2.45, 2.75) is 39.2 Å². The Kier molecular flexibility index (Phi) is 5.13. The fourth-order valence-electron chi connectivity index (χ4n) is 2.79. The van der Waals surface area contributed by atoms with Crippen LogP contribution >= 0.6 is 15.9 Å². The molecule has 0 saturated carbocycles. The molecule has 0 aromatic carbocycles. The largest absolute Gasteiger partial charge is 0.458 e. The van der Waals surface area contributed by atoms with Gasteiger partial charge in [0.05, 0.1) is 23.1 Å². The second-order valence-corrected chi connectivity index (χ2v) is 6.80. The van der Waals surface area contributed by atoms with Gasteiger partial charge in [-0.25, -0.2) is 9.97 Å². The van der Waals surface area contributed by atoms with E-state index in [2.05, 4.69) is 31.1 Å². The van der Waals surface area contributed by atoms with Crippen molar-refractivity contribution in [2.75, 3.05) is 13.1 Å². The predicted molar refractivity (Wildman–Crippen MR) is 89.6 cm³/mol. The van der Waals surface area contributed by atoms with Crippen LogP contribution in [0.5, 0.6) is 6.01 Å². The Morgan fingerprint density at radius 3 is 2.83 bits per heavy atom. The van der Waals surface area contributed by atoms with Gasteiger partial charge in [0, 0.05) is 24.5 Å². The van der Waals surface area contributed by atoms with E-state index in [0.29, 0.717) is 24.7 Å². The van der Waals surface area contributed by atoms with E-state index in [-0.39, 0.29) is 12.0 Å². The number of halogens is 1. The number of nitrogens with zero attached hydrogens (tertiary/aromatic N) is 4. The minimum absolute atomic E-state index is 0.0643. The third kappa shape index (κ3) is 3.92. The summed E-state index contributed by atoms with van der Waals surface area (Å²) in [7, 11) is 0. The molecular formula is C16H19BrN4O3. The molecule has 0 N–H and O–H groups in total. The number of piperidine rings is 1. The number of hydrogen-bond acceptors (Lipinski definition) is 6. The van der Waals surface area contributed by atoms with E-state index < -0.39 is 0 Å². The average molecular weight is 395 g/mol. The molecule has 2 aromatic heterocycles. The van der Waals surface area contributed by atoms with Gasteiger partial charge in [-0.2, -0.15) is 0 Å². The highest BCUT2D eigenvalue weighted by molar-refractivity contribution is 9.10. The van der Waals surface area contributed by atoms with Gasteiger partial charge in [0.25, 0.3) is 0 Å². The first-order valence-corrected chi connectivity index (χ1v) is 8.66. The predicted octanol–water partition coefficient (Wildman–Crippen LogP) is 2.46. The average Bonchev–Trinajstić information content (AvgIpc) is 2.89. The lowest BCUT2D eigenvalue weighted by atomic mass is 10.1. The van der Waals surface area contributed by atoms with Crippen LogP contribution in [-0.4, -0.2) is 45.1 Å². The van der Waals surface area contributed by atoms with E-state index in [4.69, 9.17) is 9.26 Å². The summed E-state index contributed by atoms with van der Waals surface area (Å²) in [6.07, 6.45) is 5.29. The number of hydrogen-bond donors (Lipinski definition) is 0. The minimum Gasteiger partial charge on any atom is -0.458 e. The number of carbonyl (C=O) groups is 1. The van der Waals surface area contributed by atoms with Crippen LogP contribution in [-0.2, 0) is 11.2 Å². The maximum absolute atomic E-state index is 12.6. The highest BCUT2D eigenvalue weighted by Gasteiger charge is 2.26. The molecule has 24 heavy (non-hydrogen) atoms. The van der Waals surface area contributed by atoms with Crippen LogP contribution in [0.1, 0.15) is 29.9 Å². The summed E-state index contributed by atoms with van der Waals surface area (Å²) in [6, 6.07) is 0.336. The third-order valence-electron chi connectivity index (χ3n) is 4.11. The van der Waals surface area contributed by atoms with E-state index in [1.807, 2.05) is 18.7 Å². The quantitative estimate of drug-likeness (QED) is 0.791. The van der Waals surface area contributed by atoms with Gasteiger partial charge in [-0.1, -0.05) is 5.16 Å². The van der Waals surface area contributed by atoms with Crippen LogP contribution in [0.2, 0.25) is 0 Å². The molecule has 1 aliphatic rings. The van der Waals surface area contributed by atoms with Crippen molar-refractivity contribution in [3.8, 4) is 6.01 Å². The SMILES string of the molecule is Cc1noc(C)c1CC(=O)N1CCCC(Oc2ncc(Br)cn2)C1. The maximum Gasteiger partial charge on any atom is 0.316 e.